The van der Waals surface area contributed by atoms with Crippen LogP contribution in [-0.4, -0.2) is 29.0 Å². The van der Waals surface area contributed by atoms with Gasteiger partial charge in [0.2, 0.25) is 0 Å². The molecule has 1 aliphatic heterocycles. The maximum absolute atomic E-state index is 6.17. The van der Waals surface area contributed by atoms with E-state index in [2.05, 4.69) is 23.7 Å². The summed E-state index contributed by atoms with van der Waals surface area (Å²) in [4.78, 5) is 7.97. The van der Waals surface area contributed by atoms with Gasteiger partial charge in [-0.2, -0.15) is 0 Å². The SMILES string of the molecule is CC(C)CN1CCC(N)C1c1cncs1. The van der Waals surface area contributed by atoms with Crippen LogP contribution in [0.1, 0.15) is 31.2 Å². The van der Waals surface area contributed by atoms with Gasteiger partial charge in [0, 0.05) is 30.2 Å². The number of thiazole rings is 1. The van der Waals surface area contributed by atoms with E-state index in [1.807, 2.05) is 11.7 Å². The van der Waals surface area contributed by atoms with Crippen molar-refractivity contribution in [3.8, 4) is 0 Å². The molecule has 0 aromatic carbocycles. The smallest absolute Gasteiger partial charge is 0.0794 e. The van der Waals surface area contributed by atoms with Crippen molar-refractivity contribution in [2.45, 2.75) is 32.4 Å². The molecule has 1 saturated heterocycles. The highest BCUT2D eigenvalue weighted by Gasteiger charge is 2.33. The third kappa shape index (κ3) is 2.38. The van der Waals surface area contributed by atoms with Crippen LogP contribution in [0.3, 0.4) is 0 Å². The van der Waals surface area contributed by atoms with Gasteiger partial charge in [-0.25, -0.2) is 0 Å². The number of hydrogen-bond donors (Lipinski definition) is 1. The van der Waals surface area contributed by atoms with Gasteiger partial charge >= 0.3 is 0 Å². The number of rotatable bonds is 3. The molecule has 4 heteroatoms. The van der Waals surface area contributed by atoms with Gasteiger partial charge in [-0.3, -0.25) is 9.88 Å². The molecule has 84 valence electrons. The number of nitrogens with zero attached hydrogens (tertiary/aromatic N) is 2. The molecule has 0 radical (unpaired) electrons. The molecule has 1 aromatic rings. The molecular formula is C11H19N3S. The monoisotopic (exact) mass is 225 g/mol. The molecule has 2 heterocycles. The van der Waals surface area contributed by atoms with E-state index >= 15 is 0 Å². The van der Waals surface area contributed by atoms with Crippen molar-refractivity contribution in [1.29, 1.82) is 0 Å². The molecule has 2 rings (SSSR count). The van der Waals surface area contributed by atoms with Crippen molar-refractivity contribution in [2.75, 3.05) is 13.1 Å². The van der Waals surface area contributed by atoms with Gasteiger partial charge in [-0.15, -0.1) is 11.3 Å². The summed E-state index contributed by atoms with van der Waals surface area (Å²) in [6.45, 7) is 6.78. The Morgan fingerprint density at radius 3 is 3.07 bits per heavy atom. The third-order valence-corrected chi connectivity index (χ3v) is 3.74. The van der Waals surface area contributed by atoms with Crippen molar-refractivity contribution in [1.82, 2.24) is 9.88 Å². The average molecular weight is 225 g/mol. The van der Waals surface area contributed by atoms with Gasteiger partial charge in [0.15, 0.2) is 0 Å². The fourth-order valence-corrected chi connectivity index (χ4v) is 3.15. The molecule has 2 unspecified atom stereocenters. The quantitative estimate of drug-likeness (QED) is 0.854. The van der Waals surface area contributed by atoms with Gasteiger partial charge in [0.05, 0.1) is 11.6 Å². The zero-order valence-corrected chi connectivity index (χ0v) is 10.2. The number of aromatic nitrogens is 1. The summed E-state index contributed by atoms with van der Waals surface area (Å²) in [5.74, 6) is 0.700. The minimum absolute atomic E-state index is 0.282. The largest absolute Gasteiger partial charge is 0.326 e. The molecule has 0 aliphatic carbocycles. The van der Waals surface area contributed by atoms with Crippen LogP contribution in [0.4, 0.5) is 0 Å². The number of likely N-dealkylation sites (tertiary alicyclic amines) is 1. The van der Waals surface area contributed by atoms with Gasteiger partial charge in [0.1, 0.15) is 0 Å². The molecule has 2 N–H and O–H groups in total. The van der Waals surface area contributed by atoms with E-state index < -0.39 is 0 Å². The second-order valence-corrected chi connectivity index (χ2v) is 5.61. The van der Waals surface area contributed by atoms with Crippen molar-refractivity contribution in [3.63, 3.8) is 0 Å². The summed E-state index contributed by atoms with van der Waals surface area (Å²) in [5, 5.41) is 0. The highest BCUT2D eigenvalue weighted by atomic mass is 32.1. The van der Waals surface area contributed by atoms with Crippen LogP contribution >= 0.6 is 11.3 Å². The molecule has 3 nitrogen and oxygen atoms in total. The van der Waals surface area contributed by atoms with Crippen molar-refractivity contribution >= 4 is 11.3 Å². The van der Waals surface area contributed by atoms with Crippen LogP contribution in [0.2, 0.25) is 0 Å². The molecule has 2 atom stereocenters. The molecule has 15 heavy (non-hydrogen) atoms. The average Bonchev–Trinajstić information content (AvgIpc) is 2.74. The summed E-state index contributed by atoms with van der Waals surface area (Å²) in [6, 6.07) is 0.684. The second-order valence-electron chi connectivity index (χ2n) is 4.69. The minimum Gasteiger partial charge on any atom is -0.326 e. The highest BCUT2D eigenvalue weighted by Crippen LogP contribution is 2.33. The Labute approximate surface area is 95.3 Å². The lowest BCUT2D eigenvalue weighted by atomic mass is 10.1. The highest BCUT2D eigenvalue weighted by molar-refractivity contribution is 7.09. The summed E-state index contributed by atoms with van der Waals surface area (Å²) in [7, 11) is 0. The fourth-order valence-electron chi connectivity index (χ4n) is 2.32. The third-order valence-electron chi connectivity index (χ3n) is 2.89. The lowest BCUT2D eigenvalue weighted by molar-refractivity contribution is 0.223. The Kier molecular flexibility index (Phi) is 3.38. The first-order valence-corrected chi connectivity index (χ1v) is 6.44. The lowest BCUT2D eigenvalue weighted by Crippen LogP contribution is -2.33. The lowest BCUT2D eigenvalue weighted by Gasteiger charge is -2.26. The maximum atomic E-state index is 6.17. The molecule has 0 bridgehead atoms. The van der Waals surface area contributed by atoms with Gasteiger partial charge in [0.25, 0.3) is 0 Å². The second kappa shape index (κ2) is 4.60. The van der Waals surface area contributed by atoms with Crippen LogP contribution in [-0.2, 0) is 0 Å². The van der Waals surface area contributed by atoms with Crippen molar-refractivity contribution in [2.24, 2.45) is 11.7 Å². The van der Waals surface area contributed by atoms with Crippen LogP contribution in [0, 0.1) is 5.92 Å². The summed E-state index contributed by atoms with van der Waals surface area (Å²) < 4.78 is 0. The molecular weight excluding hydrogens is 206 g/mol. The van der Waals surface area contributed by atoms with E-state index in [0.717, 1.165) is 19.5 Å². The van der Waals surface area contributed by atoms with Crippen LogP contribution in [0.25, 0.3) is 0 Å². The van der Waals surface area contributed by atoms with E-state index in [9.17, 15) is 0 Å². The zero-order valence-electron chi connectivity index (χ0n) is 9.39. The van der Waals surface area contributed by atoms with Crippen LogP contribution < -0.4 is 5.73 Å². The molecule has 0 amide bonds. The van der Waals surface area contributed by atoms with E-state index in [4.69, 9.17) is 5.73 Å². The molecule has 1 fully saturated rings. The van der Waals surface area contributed by atoms with Gasteiger partial charge < -0.3 is 5.73 Å². The van der Waals surface area contributed by atoms with Crippen LogP contribution in [0.5, 0.6) is 0 Å². The van der Waals surface area contributed by atoms with Crippen molar-refractivity contribution in [3.05, 3.63) is 16.6 Å². The standard InChI is InChI=1S/C11H19N3S/c1-8(2)6-14-4-3-9(12)11(14)10-5-13-7-15-10/h5,7-9,11H,3-4,6,12H2,1-2H3. The summed E-state index contributed by atoms with van der Waals surface area (Å²) in [6.07, 6.45) is 3.07. The van der Waals surface area contributed by atoms with E-state index in [0.29, 0.717) is 12.0 Å². The Hall–Kier alpha value is -0.450. The van der Waals surface area contributed by atoms with E-state index in [1.165, 1.54) is 4.88 Å². The Morgan fingerprint density at radius 1 is 1.67 bits per heavy atom. The van der Waals surface area contributed by atoms with Crippen molar-refractivity contribution < 1.29 is 0 Å². The Bertz CT molecular complexity index is 297. The molecule has 0 spiro atoms. The Balaban J connectivity index is 2.12. The minimum atomic E-state index is 0.282. The first-order valence-electron chi connectivity index (χ1n) is 5.56. The van der Waals surface area contributed by atoms with Gasteiger partial charge in [-0.1, -0.05) is 13.8 Å². The summed E-state index contributed by atoms with van der Waals surface area (Å²) in [5.41, 5.74) is 8.07. The van der Waals surface area contributed by atoms with E-state index in [1.54, 1.807) is 11.3 Å². The van der Waals surface area contributed by atoms with Gasteiger partial charge in [-0.05, 0) is 12.3 Å². The fraction of sp³-hybridized carbons (Fsp3) is 0.727. The first kappa shape index (κ1) is 11.0. The predicted molar refractivity (Wildman–Crippen MR) is 63.9 cm³/mol. The topological polar surface area (TPSA) is 42.1 Å². The predicted octanol–water partition coefficient (Wildman–Crippen LogP) is 1.87. The Morgan fingerprint density at radius 2 is 2.47 bits per heavy atom. The number of nitrogens with two attached hydrogens (primary N) is 1. The normalized spacial score (nSPS) is 27.7. The van der Waals surface area contributed by atoms with Crippen LogP contribution in [0.15, 0.2) is 11.7 Å². The number of hydrogen-bond acceptors (Lipinski definition) is 4. The maximum Gasteiger partial charge on any atom is 0.0794 e. The summed E-state index contributed by atoms with van der Waals surface area (Å²) >= 11 is 1.72. The van der Waals surface area contributed by atoms with E-state index in [-0.39, 0.29) is 6.04 Å². The molecule has 0 saturated carbocycles. The molecule has 1 aliphatic rings. The zero-order chi connectivity index (χ0) is 10.8. The molecule has 1 aromatic heterocycles. The first-order chi connectivity index (χ1) is 7.18.